The summed E-state index contributed by atoms with van der Waals surface area (Å²) in [6.45, 7) is 1.75. The summed E-state index contributed by atoms with van der Waals surface area (Å²) in [6, 6.07) is 7.91. The number of nitrogens with zero attached hydrogens (tertiary/aromatic N) is 3. The van der Waals surface area contributed by atoms with Crippen LogP contribution >= 0.6 is 23.3 Å². The molecule has 2 N–H and O–H groups in total. The minimum Gasteiger partial charge on any atom is -0.445 e. The lowest BCUT2D eigenvalue weighted by atomic mass is 10.1. The topological polar surface area (TPSA) is 145 Å². The molecule has 1 aromatic heterocycles. The Bertz CT molecular complexity index is 1110. The van der Waals surface area contributed by atoms with Gasteiger partial charge in [-0.05, 0) is 36.1 Å². The molecule has 1 aliphatic rings. The van der Waals surface area contributed by atoms with Gasteiger partial charge in [0.15, 0.2) is 0 Å². The first kappa shape index (κ1) is 24.3. The van der Waals surface area contributed by atoms with Crippen molar-refractivity contribution in [1.29, 1.82) is 0 Å². The molecule has 0 saturated heterocycles. The molecule has 1 aliphatic heterocycles. The largest absolute Gasteiger partial charge is 0.445 e. The van der Waals surface area contributed by atoms with Crippen molar-refractivity contribution in [1.82, 2.24) is 9.21 Å². The quantitative estimate of drug-likeness (QED) is 0.327. The molecule has 32 heavy (non-hydrogen) atoms. The lowest BCUT2D eigenvalue weighted by Gasteiger charge is -2.36. The maximum Gasteiger partial charge on any atom is 0.410 e. The maximum absolute atomic E-state index is 12.9. The predicted molar refractivity (Wildman–Crippen MR) is 118 cm³/mol. The Kier molecular flexibility index (Phi) is 7.61. The number of rotatable bonds is 8. The first-order valence-corrected chi connectivity index (χ1v) is 12.6. The van der Waals surface area contributed by atoms with Gasteiger partial charge in [0.05, 0.1) is 10.3 Å². The minimum atomic E-state index is -3.65. The smallest absolute Gasteiger partial charge is 0.410 e. The molecule has 11 nitrogen and oxygen atoms in total. The highest BCUT2D eigenvalue weighted by atomic mass is 32.3. The van der Waals surface area contributed by atoms with Gasteiger partial charge in [-0.15, -0.1) is 21.5 Å². The molecular formula is C18H22N4O7S3. The van der Waals surface area contributed by atoms with Gasteiger partial charge in [-0.1, -0.05) is 24.3 Å². The number of fused-ring (bicyclic) bond motifs is 1. The van der Waals surface area contributed by atoms with Crippen molar-refractivity contribution in [2.24, 2.45) is 5.14 Å². The number of carbonyl (C=O) groups is 1. The second kappa shape index (κ2) is 10.0. The van der Waals surface area contributed by atoms with E-state index in [1.165, 1.54) is 16.3 Å². The summed E-state index contributed by atoms with van der Waals surface area (Å²) in [4.78, 5) is 29.3. The molecule has 174 valence electrons. The Hall–Kier alpha value is -2.39. The number of amides is 1. The second-order valence-electron chi connectivity index (χ2n) is 6.83. The third-order valence-electron chi connectivity index (χ3n) is 5.00. The van der Waals surface area contributed by atoms with Crippen LogP contribution < -0.4 is 5.14 Å². The van der Waals surface area contributed by atoms with Crippen molar-refractivity contribution >= 4 is 39.4 Å². The molecule has 1 unspecified atom stereocenters. The molecule has 1 amide bonds. The van der Waals surface area contributed by atoms with Crippen LogP contribution in [0.5, 0.6) is 0 Å². The maximum atomic E-state index is 12.9. The van der Waals surface area contributed by atoms with Gasteiger partial charge < -0.3 is 14.5 Å². The summed E-state index contributed by atoms with van der Waals surface area (Å²) in [5.74, 6) is 0. The molecule has 2 heterocycles. The van der Waals surface area contributed by atoms with Gasteiger partial charge >= 0.3 is 6.09 Å². The van der Waals surface area contributed by atoms with Crippen molar-refractivity contribution in [2.45, 2.75) is 34.6 Å². The van der Waals surface area contributed by atoms with Crippen molar-refractivity contribution in [2.75, 3.05) is 20.1 Å². The summed E-state index contributed by atoms with van der Waals surface area (Å²) in [5.41, 5.74) is 1.60. The number of nitrogens with two attached hydrogens (primary N) is 1. The first-order chi connectivity index (χ1) is 15.2. The average molecular weight is 503 g/mol. The van der Waals surface area contributed by atoms with Crippen molar-refractivity contribution in [3.05, 3.63) is 57.1 Å². The molecule has 14 heteroatoms. The van der Waals surface area contributed by atoms with E-state index >= 15 is 0 Å². The number of hydrogen-bond acceptors (Lipinski definition) is 10. The Morgan fingerprint density at radius 1 is 1.38 bits per heavy atom. The molecule has 2 aromatic rings. The van der Waals surface area contributed by atoms with E-state index < -0.39 is 27.2 Å². The lowest BCUT2D eigenvalue weighted by Crippen LogP contribution is -2.45. The highest BCUT2D eigenvalue weighted by Crippen LogP contribution is 2.42. The van der Waals surface area contributed by atoms with E-state index in [4.69, 9.17) is 9.88 Å². The summed E-state index contributed by atoms with van der Waals surface area (Å²) >= 11 is 2.02. The normalized spacial score (nSPS) is 17.4. The number of likely N-dealkylation sites (N-methyl/N-ethyl adjacent to an activating group) is 2. The Morgan fingerprint density at radius 2 is 2.03 bits per heavy atom. The standard InChI is InChI=1S/C18H22N4O7S3/c1-3-21(15-9-20(2)32(26,27)17-14(15)8-16(30-17)31-19)18(23)28-10-12-6-4-5-7-13(12)11-29-22(24)25/h4-8,15H,3,9-11,19H2,1-2H3. The fourth-order valence-corrected chi connectivity index (χ4v) is 7.03. The molecule has 0 spiro atoms. The Labute approximate surface area is 193 Å². The highest BCUT2D eigenvalue weighted by molar-refractivity contribution is 7.99. The van der Waals surface area contributed by atoms with E-state index in [-0.39, 0.29) is 30.5 Å². The van der Waals surface area contributed by atoms with Gasteiger partial charge in [0.1, 0.15) is 17.4 Å². The van der Waals surface area contributed by atoms with Crippen LogP contribution in [-0.4, -0.2) is 48.9 Å². The van der Waals surface area contributed by atoms with Crippen LogP contribution in [-0.2, 0) is 32.8 Å². The van der Waals surface area contributed by atoms with E-state index in [1.807, 2.05) is 0 Å². The number of hydrogen-bond donors (Lipinski definition) is 1. The summed E-state index contributed by atoms with van der Waals surface area (Å²) in [5, 5.41) is 15.2. The molecule has 0 radical (unpaired) electrons. The minimum absolute atomic E-state index is 0.0803. The van der Waals surface area contributed by atoms with Gasteiger partial charge in [-0.3, -0.25) is 5.14 Å². The number of thiophene rings is 1. The van der Waals surface area contributed by atoms with Crippen molar-refractivity contribution in [3.8, 4) is 0 Å². The highest BCUT2D eigenvalue weighted by Gasteiger charge is 2.41. The molecule has 3 rings (SSSR count). The predicted octanol–water partition coefficient (Wildman–Crippen LogP) is 2.76. The molecule has 1 atom stereocenters. The average Bonchev–Trinajstić information content (AvgIpc) is 3.21. The van der Waals surface area contributed by atoms with Crippen LogP contribution in [0.1, 0.15) is 29.7 Å². The zero-order valence-corrected chi connectivity index (χ0v) is 19.7. The Morgan fingerprint density at radius 3 is 2.62 bits per heavy atom. The number of carbonyl (C=O) groups excluding carboxylic acids is 1. The Balaban J connectivity index is 1.80. The van der Waals surface area contributed by atoms with E-state index in [9.17, 15) is 23.3 Å². The molecule has 0 fully saturated rings. The fraction of sp³-hybridized carbons (Fsp3) is 0.389. The van der Waals surface area contributed by atoms with E-state index in [0.29, 0.717) is 20.9 Å². The van der Waals surface area contributed by atoms with Gasteiger partial charge in [-0.2, -0.15) is 4.31 Å². The molecule has 0 saturated carbocycles. The lowest BCUT2D eigenvalue weighted by molar-refractivity contribution is -0.763. The van der Waals surface area contributed by atoms with Crippen LogP contribution in [0.4, 0.5) is 4.79 Å². The summed E-state index contributed by atoms with van der Waals surface area (Å²) < 4.78 is 32.9. The first-order valence-electron chi connectivity index (χ1n) is 9.43. The van der Waals surface area contributed by atoms with Gasteiger partial charge in [0, 0.05) is 25.7 Å². The van der Waals surface area contributed by atoms with Gasteiger partial charge in [-0.25, -0.2) is 13.2 Å². The number of sulfonamides is 1. The number of ether oxygens (including phenoxy) is 1. The fourth-order valence-electron chi connectivity index (χ4n) is 3.37. The van der Waals surface area contributed by atoms with Crippen LogP contribution in [0.3, 0.4) is 0 Å². The summed E-state index contributed by atoms with van der Waals surface area (Å²) in [7, 11) is -2.19. The van der Waals surface area contributed by atoms with Gasteiger partial charge in [0.2, 0.25) is 0 Å². The van der Waals surface area contributed by atoms with Crippen molar-refractivity contribution in [3.63, 3.8) is 0 Å². The van der Waals surface area contributed by atoms with E-state index in [0.717, 1.165) is 23.3 Å². The zero-order chi connectivity index (χ0) is 23.5. The molecular weight excluding hydrogens is 480 g/mol. The zero-order valence-electron chi connectivity index (χ0n) is 17.3. The van der Waals surface area contributed by atoms with Crippen LogP contribution in [0.25, 0.3) is 0 Å². The molecule has 0 aliphatic carbocycles. The van der Waals surface area contributed by atoms with Crippen LogP contribution in [0, 0.1) is 10.1 Å². The van der Waals surface area contributed by atoms with E-state index in [2.05, 4.69) is 4.84 Å². The molecule has 1 aromatic carbocycles. The SMILES string of the molecule is CCN(C(=O)OCc1ccccc1CO[N+](=O)[O-])C1CN(C)S(=O)(=O)c2sc(SN)cc21. The molecule has 0 bridgehead atoms. The van der Waals surface area contributed by atoms with Crippen molar-refractivity contribution < 1.29 is 27.9 Å². The summed E-state index contributed by atoms with van der Waals surface area (Å²) in [6.07, 6.45) is -0.630. The van der Waals surface area contributed by atoms with Gasteiger partial charge in [0.25, 0.3) is 15.1 Å². The van der Waals surface area contributed by atoms with Crippen LogP contribution in [0.2, 0.25) is 0 Å². The monoisotopic (exact) mass is 502 g/mol. The van der Waals surface area contributed by atoms with Crippen LogP contribution in [0.15, 0.2) is 38.8 Å². The number of benzene rings is 1. The van der Waals surface area contributed by atoms with E-state index in [1.54, 1.807) is 37.3 Å². The third-order valence-corrected chi connectivity index (χ3v) is 9.18. The second-order valence-corrected chi connectivity index (χ2v) is 11.1. The third kappa shape index (κ3) is 4.99.